The number of carbonyl (C=O) groups excluding carboxylic acids is 2. The Kier molecular flexibility index (Phi) is 7.59. The van der Waals surface area contributed by atoms with E-state index in [2.05, 4.69) is 4.74 Å². The third-order valence-electron chi connectivity index (χ3n) is 4.18. The smallest absolute Gasteiger partial charge is 0.306 e. The topological polar surface area (TPSA) is 49.9 Å². The lowest BCUT2D eigenvalue weighted by Crippen LogP contribution is -2.44. The lowest BCUT2D eigenvalue weighted by atomic mass is 9.94. The molecule has 1 fully saturated rings. The van der Waals surface area contributed by atoms with Gasteiger partial charge in [-0.2, -0.15) is 0 Å². The standard InChI is InChI=1S/C15H28N2O3/c1-4-17(11-10-15(19)20-3)12-14(18)16(2)13-8-6-5-7-9-13/h13H,4-12H2,1-3H3. The number of carbonyl (C=O) groups is 2. The molecule has 0 aromatic heterocycles. The number of ether oxygens (including phenoxy) is 1. The predicted molar refractivity (Wildman–Crippen MR) is 78.4 cm³/mol. The molecule has 0 heterocycles. The van der Waals surface area contributed by atoms with Gasteiger partial charge >= 0.3 is 5.97 Å². The summed E-state index contributed by atoms with van der Waals surface area (Å²) in [6.07, 6.45) is 6.32. The van der Waals surface area contributed by atoms with Gasteiger partial charge in [0, 0.05) is 19.6 Å². The van der Waals surface area contributed by atoms with Crippen molar-refractivity contribution in [3.8, 4) is 0 Å². The van der Waals surface area contributed by atoms with Crippen molar-refractivity contribution in [3.63, 3.8) is 0 Å². The molecular formula is C15H28N2O3. The second-order valence-corrected chi connectivity index (χ2v) is 5.49. The summed E-state index contributed by atoms with van der Waals surface area (Å²) < 4.78 is 4.63. The van der Waals surface area contributed by atoms with Gasteiger partial charge in [0.15, 0.2) is 0 Å². The highest BCUT2D eigenvalue weighted by Crippen LogP contribution is 2.21. The fraction of sp³-hybridized carbons (Fsp3) is 0.867. The van der Waals surface area contributed by atoms with Crippen LogP contribution in [0.4, 0.5) is 0 Å². The summed E-state index contributed by atoms with van der Waals surface area (Å²) in [4.78, 5) is 27.4. The normalized spacial score (nSPS) is 16.2. The highest BCUT2D eigenvalue weighted by molar-refractivity contribution is 5.78. The number of rotatable bonds is 7. The van der Waals surface area contributed by atoms with Crippen LogP contribution in [0.15, 0.2) is 0 Å². The Hall–Kier alpha value is -1.10. The van der Waals surface area contributed by atoms with E-state index in [4.69, 9.17) is 0 Å². The fourth-order valence-electron chi connectivity index (χ4n) is 2.68. The maximum atomic E-state index is 12.3. The molecule has 1 rings (SSSR count). The molecular weight excluding hydrogens is 256 g/mol. The van der Waals surface area contributed by atoms with Gasteiger partial charge in [-0.25, -0.2) is 0 Å². The Balaban J connectivity index is 2.38. The van der Waals surface area contributed by atoms with E-state index >= 15 is 0 Å². The quantitative estimate of drug-likeness (QED) is 0.667. The summed E-state index contributed by atoms with van der Waals surface area (Å²) in [5.74, 6) is -0.0693. The predicted octanol–water partition coefficient (Wildman–Crippen LogP) is 1.66. The second kappa shape index (κ2) is 8.95. The van der Waals surface area contributed by atoms with E-state index in [9.17, 15) is 9.59 Å². The highest BCUT2D eigenvalue weighted by atomic mass is 16.5. The zero-order valence-corrected chi connectivity index (χ0v) is 13.1. The first-order chi connectivity index (χ1) is 9.58. The monoisotopic (exact) mass is 284 g/mol. The van der Waals surface area contributed by atoms with Crippen molar-refractivity contribution < 1.29 is 14.3 Å². The largest absolute Gasteiger partial charge is 0.469 e. The van der Waals surface area contributed by atoms with Gasteiger partial charge in [-0.1, -0.05) is 26.2 Å². The van der Waals surface area contributed by atoms with E-state index in [1.54, 1.807) is 0 Å². The van der Waals surface area contributed by atoms with Crippen LogP contribution in [0.1, 0.15) is 45.4 Å². The molecule has 0 spiro atoms. The number of hydrogen-bond acceptors (Lipinski definition) is 4. The number of nitrogens with zero attached hydrogens (tertiary/aromatic N) is 2. The highest BCUT2D eigenvalue weighted by Gasteiger charge is 2.23. The molecule has 0 aromatic carbocycles. The van der Waals surface area contributed by atoms with E-state index in [0.717, 1.165) is 19.4 Å². The minimum atomic E-state index is -0.225. The van der Waals surface area contributed by atoms with E-state index < -0.39 is 0 Å². The van der Waals surface area contributed by atoms with Crippen LogP contribution in [-0.2, 0) is 14.3 Å². The van der Waals surface area contributed by atoms with Gasteiger partial charge in [0.05, 0.1) is 20.1 Å². The third-order valence-corrected chi connectivity index (χ3v) is 4.18. The average molecular weight is 284 g/mol. The molecule has 0 radical (unpaired) electrons. The van der Waals surface area contributed by atoms with E-state index in [-0.39, 0.29) is 11.9 Å². The minimum Gasteiger partial charge on any atom is -0.469 e. The van der Waals surface area contributed by atoms with Crippen molar-refractivity contribution in [1.82, 2.24) is 9.80 Å². The SMILES string of the molecule is CCN(CCC(=O)OC)CC(=O)N(C)C1CCCCC1. The van der Waals surface area contributed by atoms with Gasteiger partial charge in [-0.3, -0.25) is 14.5 Å². The van der Waals surface area contributed by atoms with Gasteiger partial charge in [-0.15, -0.1) is 0 Å². The van der Waals surface area contributed by atoms with Crippen LogP contribution in [0.25, 0.3) is 0 Å². The lowest BCUT2D eigenvalue weighted by molar-refractivity contribution is -0.142. The fourth-order valence-corrected chi connectivity index (χ4v) is 2.68. The van der Waals surface area contributed by atoms with Crippen LogP contribution in [0.3, 0.4) is 0 Å². The molecule has 0 saturated heterocycles. The third kappa shape index (κ3) is 5.49. The van der Waals surface area contributed by atoms with Crippen LogP contribution in [0.2, 0.25) is 0 Å². The first-order valence-corrected chi connectivity index (χ1v) is 7.63. The number of amides is 1. The van der Waals surface area contributed by atoms with Crippen molar-refractivity contribution in [2.45, 2.75) is 51.5 Å². The first-order valence-electron chi connectivity index (χ1n) is 7.63. The van der Waals surface area contributed by atoms with Crippen molar-refractivity contribution in [3.05, 3.63) is 0 Å². The first kappa shape index (κ1) is 17.0. The second-order valence-electron chi connectivity index (χ2n) is 5.49. The summed E-state index contributed by atoms with van der Waals surface area (Å²) in [5, 5.41) is 0. The summed E-state index contributed by atoms with van der Waals surface area (Å²) in [7, 11) is 3.30. The van der Waals surface area contributed by atoms with Crippen LogP contribution in [0, 0.1) is 0 Å². The van der Waals surface area contributed by atoms with Crippen LogP contribution >= 0.6 is 0 Å². The molecule has 0 aromatic rings. The summed E-state index contributed by atoms with van der Waals surface area (Å²) in [5.41, 5.74) is 0. The minimum absolute atomic E-state index is 0.156. The van der Waals surface area contributed by atoms with Crippen LogP contribution < -0.4 is 0 Å². The van der Waals surface area contributed by atoms with E-state index in [1.165, 1.54) is 26.4 Å². The Bertz CT molecular complexity index is 314. The molecule has 1 amide bonds. The molecule has 5 heteroatoms. The van der Waals surface area contributed by atoms with Crippen molar-refractivity contribution in [2.75, 3.05) is 33.8 Å². The Morgan fingerprint density at radius 2 is 1.85 bits per heavy atom. The zero-order chi connectivity index (χ0) is 15.0. The molecule has 0 atom stereocenters. The van der Waals surface area contributed by atoms with Gasteiger partial charge in [0.25, 0.3) is 0 Å². The molecule has 0 unspecified atom stereocenters. The molecule has 5 nitrogen and oxygen atoms in total. The number of hydrogen-bond donors (Lipinski definition) is 0. The number of likely N-dealkylation sites (N-methyl/N-ethyl adjacent to an activating group) is 2. The average Bonchev–Trinajstić information content (AvgIpc) is 2.50. The molecule has 0 N–H and O–H groups in total. The Morgan fingerprint density at radius 3 is 2.40 bits per heavy atom. The van der Waals surface area contributed by atoms with Crippen molar-refractivity contribution in [1.29, 1.82) is 0 Å². The van der Waals surface area contributed by atoms with Gasteiger partial charge in [-0.05, 0) is 19.4 Å². The molecule has 116 valence electrons. The molecule has 20 heavy (non-hydrogen) atoms. The number of esters is 1. The zero-order valence-electron chi connectivity index (χ0n) is 13.1. The summed E-state index contributed by atoms with van der Waals surface area (Å²) >= 11 is 0. The van der Waals surface area contributed by atoms with Crippen molar-refractivity contribution in [2.24, 2.45) is 0 Å². The van der Waals surface area contributed by atoms with E-state index in [0.29, 0.717) is 25.6 Å². The summed E-state index contributed by atoms with van der Waals surface area (Å²) in [6, 6.07) is 0.399. The van der Waals surface area contributed by atoms with E-state index in [1.807, 2.05) is 23.8 Å². The van der Waals surface area contributed by atoms with Gasteiger partial charge in [0.2, 0.25) is 5.91 Å². The summed E-state index contributed by atoms with van der Waals surface area (Å²) in [6.45, 7) is 3.74. The van der Waals surface area contributed by atoms with Gasteiger partial charge in [0.1, 0.15) is 0 Å². The van der Waals surface area contributed by atoms with Gasteiger partial charge < -0.3 is 9.64 Å². The van der Waals surface area contributed by atoms with Crippen molar-refractivity contribution >= 4 is 11.9 Å². The maximum absolute atomic E-state index is 12.3. The lowest BCUT2D eigenvalue weighted by Gasteiger charge is -2.32. The molecule has 1 aliphatic carbocycles. The van der Waals surface area contributed by atoms with Crippen LogP contribution in [-0.4, -0.2) is 61.5 Å². The Labute approximate surface area is 122 Å². The number of methoxy groups -OCH3 is 1. The van der Waals surface area contributed by atoms with Crippen LogP contribution in [0.5, 0.6) is 0 Å². The molecule has 0 aliphatic heterocycles. The molecule has 1 saturated carbocycles. The maximum Gasteiger partial charge on any atom is 0.306 e. The Morgan fingerprint density at radius 1 is 1.20 bits per heavy atom. The molecule has 1 aliphatic rings. The molecule has 0 bridgehead atoms.